The van der Waals surface area contributed by atoms with E-state index in [4.69, 9.17) is 4.74 Å². The van der Waals surface area contributed by atoms with Crippen LogP contribution in [0.5, 0.6) is 17.2 Å². The molecule has 0 fully saturated rings. The molecule has 0 bridgehead atoms. The van der Waals surface area contributed by atoms with Gasteiger partial charge in [0.25, 0.3) is 0 Å². The molecule has 3 aromatic carbocycles. The molecule has 0 spiro atoms. The number of halogens is 7. The van der Waals surface area contributed by atoms with Crippen LogP contribution in [0, 0.1) is 13.8 Å². The molecule has 0 amide bonds. The fourth-order valence-electron chi connectivity index (χ4n) is 3.74. The fourth-order valence-corrected chi connectivity index (χ4v) is 3.74. The lowest BCUT2D eigenvalue weighted by atomic mass is 10.1. The first-order valence-electron chi connectivity index (χ1n) is 11.5. The van der Waals surface area contributed by atoms with Gasteiger partial charge in [-0.05, 0) is 73.4 Å². The molecule has 3 aromatic rings. The molecule has 4 nitrogen and oxygen atoms in total. The third-order valence-electron chi connectivity index (χ3n) is 5.46. The number of alkyl halides is 7. The molecule has 0 radical (unpaired) electrons. The minimum Gasteiger partial charge on any atom is -0.457 e. The van der Waals surface area contributed by atoms with Crippen molar-refractivity contribution < 1.29 is 45.3 Å². The average molecular weight is 545 g/mol. The second-order valence-electron chi connectivity index (χ2n) is 8.79. The Morgan fingerprint density at radius 3 is 2.08 bits per heavy atom. The van der Waals surface area contributed by atoms with E-state index in [1.54, 1.807) is 30.3 Å². The molecule has 206 valence electrons. The Kier molecular flexibility index (Phi) is 9.14. The summed E-state index contributed by atoms with van der Waals surface area (Å²) >= 11 is 0. The number of hydrogen-bond donors (Lipinski definition) is 1. The number of hydrogen-bond acceptors (Lipinski definition) is 4. The highest BCUT2D eigenvalue weighted by atomic mass is 19.4. The zero-order chi connectivity index (χ0) is 28.1. The summed E-state index contributed by atoms with van der Waals surface area (Å²) in [7, 11) is 0. The van der Waals surface area contributed by atoms with Gasteiger partial charge >= 0.3 is 18.7 Å². The lowest BCUT2D eigenvalue weighted by Crippen LogP contribution is -2.42. The Bertz CT molecular complexity index is 1200. The molecule has 1 atom stereocenters. The van der Waals surface area contributed by atoms with Gasteiger partial charge < -0.3 is 19.5 Å². The summed E-state index contributed by atoms with van der Waals surface area (Å²) in [5, 5.41) is 9.73. The van der Waals surface area contributed by atoms with Gasteiger partial charge in [-0.1, -0.05) is 24.3 Å². The van der Waals surface area contributed by atoms with Crippen LogP contribution in [-0.2, 0) is 6.42 Å². The van der Waals surface area contributed by atoms with Crippen molar-refractivity contribution >= 4 is 5.69 Å². The summed E-state index contributed by atoms with van der Waals surface area (Å²) in [6.45, 7) is 2.90. The molecule has 0 aliphatic carbocycles. The van der Waals surface area contributed by atoms with Crippen molar-refractivity contribution in [3.8, 4) is 17.2 Å². The van der Waals surface area contributed by atoms with Crippen LogP contribution in [0.4, 0.5) is 36.4 Å². The molecular weight excluding hydrogens is 519 g/mol. The maximum Gasteiger partial charge on any atom is 0.461 e. The Balaban J connectivity index is 1.82. The van der Waals surface area contributed by atoms with Crippen LogP contribution < -0.4 is 14.4 Å². The lowest BCUT2D eigenvalue weighted by molar-refractivity contribution is -0.253. The number of aryl methyl sites for hydroxylation is 2. The summed E-state index contributed by atoms with van der Waals surface area (Å²) in [6.07, 6.45) is -16.2. The molecule has 0 saturated carbocycles. The van der Waals surface area contributed by atoms with E-state index in [0.717, 1.165) is 23.3 Å². The number of anilines is 1. The predicted octanol–water partition coefficient (Wildman–Crippen LogP) is 7.30. The van der Waals surface area contributed by atoms with Crippen molar-refractivity contribution in [3.05, 3.63) is 83.4 Å². The van der Waals surface area contributed by atoms with E-state index in [9.17, 15) is 35.8 Å². The molecule has 0 saturated heterocycles. The summed E-state index contributed by atoms with van der Waals surface area (Å²) in [6, 6.07) is 16.8. The molecule has 0 unspecified atom stereocenters. The number of benzene rings is 3. The van der Waals surface area contributed by atoms with E-state index >= 15 is 0 Å². The number of nitrogens with zero attached hydrogens (tertiary/aromatic N) is 1. The normalized spacial score (nSPS) is 12.9. The molecule has 1 N–H and O–H groups in total. The molecule has 0 aliphatic heterocycles. The first-order chi connectivity index (χ1) is 17.7. The van der Waals surface area contributed by atoms with Crippen LogP contribution >= 0.6 is 0 Å². The second kappa shape index (κ2) is 11.9. The highest BCUT2D eigenvalue weighted by Gasteiger charge is 2.44. The van der Waals surface area contributed by atoms with E-state index in [1.807, 2.05) is 19.9 Å². The Labute approximate surface area is 215 Å². The number of ether oxygens (including phenoxy) is 2. The lowest BCUT2D eigenvalue weighted by Gasteiger charge is -2.28. The molecule has 11 heteroatoms. The standard InChI is InChI=1S/C27H26F7NO3/c1-17-11-18(2)13-23(12-17)37-21-7-4-6-20(15-21)35(16-24(36)26(30,31)32)10-9-19-5-3-8-22(14-19)38-27(33,34)25(28)29/h3-8,11-15,24-25,36H,9-10,16H2,1-2H3/t24-/m1/s1. The quantitative estimate of drug-likeness (QED) is 0.257. The van der Waals surface area contributed by atoms with Crippen molar-refractivity contribution in [1.29, 1.82) is 0 Å². The maximum absolute atomic E-state index is 13.3. The molecule has 3 rings (SSSR count). The van der Waals surface area contributed by atoms with Gasteiger partial charge in [0.05, 0.1) is 6.54 Å². The van der Waals surface area contributed by atoms with Crippen LogP contribution in [0.15, 0.2) is 66.7 Å². The Morgan fingerprint density at radius 1 is 0.816 bits per heavy atom. The third-order valence-corrected chi connectivity index (χ3v) is 5.46. The van der Waals surface area contributed by atoms with E-state index in [1.165, 1.54) is 23.1 Å². The van der Waals surface area contributed by atoms with Crippen LogP contribution in [0.3, 0.4) is 0 Å². The maximum atomic E-state index is 13.3. The van der Waals surface area contributed by atoms with Crippen molar-refractivity contribution in [2.24, 2.45) is 0 Å². The number of aliphatic hydroxyl groups excluding tert-OH is 1. The highest BCUT2D eigenvalue weighted by molar-refractivity contribution is 5.52. The molecule has 0 heterocycles. The van der Waals surface area contributed by atoms with Crippen LogP contribution in [0.25, 0.3) is 0 Å². The smallest absolute Gasteiger partial charge is 0.457 e. The van der Waals surface area contributed by atoms with Crippen molar-refractivity contribution in [1.82, 2.24) is 0 Å². The van der Waals surface area contributed by atoms with Crippen molar-refractivity contribution in [2.45, 2.75) is 45.1 Å². The van der Waals surface area contributed by atoms with Gasteiger partial charge in [-0.2, -0.15) is 30.7 Å². The van der Waals surface area contributed by atoms with Gasteiger partial charge in [0.1, 0.15) is 17.2 Å². The minimum atomic E-state index is -4.87. The topological polar surface area (TPSA) is 41.9 Å². The first-order valence-corrected chi connectivity index (χ1v) is 11.5. The Morgan fingerprint density at radius 2 is 1.45 bits per heavy atom. The summed E-state index contributed by atoms with van der Waals surface area (Å²) in [4.78, 5) is 1.27. The van der Waals surface area contributed by atoms with E-state index in [0.29, 0.717) is 22.7 Å². The van der Waals surface area contributed by atoms with Gasteiger partial charge in [-0.3, -0.25) is 0 Å². The zero-order valence-corrected chi connectivity index (χ0v) is 20.5. The van der Waals surface area contributed by atoms with Crippen molar-refractivity contribution in [3.63, 3.8) is 0 Å². The predicted molar refractivity (Wildman–Crippen MR) is 128 cm³/mol. The number of rotatable bonds is 11. The highest BCUT2D eigenvalue weighted by Crippen LogP contribution is 2.31. The van der Waals surface area contributed by atoms with E-state index in [2.05, 4.69) is 4.74 Å². The molecule has 0 aromatic heterocycles. The average Bonchev–Trinajstić information content (AvgIpc) is 2.80. The van der Waals surface area contributed by atoms with Gasteiger partial charge in [-0.15, -0.1) is 0 Å². The van der Waals surface area contributed by atoms with Crippen LogP contribution in [0.1, 0.15) is 16.7 Å². The number of aliphatic hydroxyl groups is 1. The Hall–Kier alpha value is -3.47. The largest absolute Gasteiger partial charge is 0.461 e. The van der Waals surface area contributed by atoms with Gasteiger partial charge in [0.15, 0.2) is 6.10 Å². The molecular formula is C27H26F7NO3. The van der Waals surface area contributed by atoms with Gasteiger partial charge in [-0.25, -0.2) is 0 Å². The van der Waals surface area contributed by atoms with E-state index < -0.39 is 37.1 Å². The third kappa shape index (κ3) is 8.27. The van der Waals surface area contributed by atoms with Gasteiger partial charge in [0.2, 0.25) is 0 Å². The van der Waals surface area contributed by atoms with Crippen LogP contribution in [0.2, 0.25) is 0 Å². The van der Waals surface area contributed by atoms with Crippen LogP contribution in [-0.4, -0.2) is 43.0 Å². The summed E-state index contributed by atoms with van der Waals surface area (Å²) in [5.41, 5.74) is 2.58. The second-order valence-corrected chi connectivity index (χ2v) is 8.79. The fraction of sp³-hybridized carbons (Fsp3) is 0.333. The zero-order valence-electron chi connectivity index (χ0n) is 20.5. The monoisotopic (exact) mass is 545 g/mol. The SMILES string of the molecule is Cc1cc(C)cc(Oc2cccc(N(CCc3cccc(OC(F)(F)C(F)F)c3)C[C@@H](O)C(F)(F)F)c2)c1. The van der Waals surface area contributed by atoms with Crippen molar-refractivity contribution in [2.75, 3.05) is 18.0 Å². The summed E-state index contributed by atoms with van der Waals surface area (Å²) < 4.78 is 101. The van der Waals surface area contributed by atoms with E-state index in [-0.39, 0.29) is 13.0 Å². The summed E-state index contributed by atoms with van der Waals surface area (Å²) in [5.74, 6) is 0.376. The first kappa shape index (κ1) is 29.1. The molecule has 38 heavy (non-hydrogen) atoms. The van der Waals surface area contributed by atoms with Gasteiger partial charge in [0, 0.05) is 18.3 Å². The minimum absolute atomic E-state index is 0.0319. The molecule has 0 aliphatic rings.